The van der Waals surface area contributed by atoms with E-state index in [1.165, 1.54) is 0 Å². The van der Waals surface area contributed by atoms with Crippen molar-refractivity contribution in [2.24, 2.45) is 10.8 Å². The molecule has 0 unspecified atom stereocenters. The molecule has 0 aromatic heterocycles. The third-order valence-electron chi connectivity index (χ3n) is 6.62. The molecule has 1 saturated carbocycles. The van der Waals surface area contributed by atoms with Gasteiger partial charge in [0.15, 0.2) is 0 Å². The van der Waals surface area contributed by atoms with Gasteiger partial charge in [0.25, 0.3) is 11.8 Å². The van der Waals surface area contributed by atoms with Crippen molar-refractivity contribution in [1.82, 2.24) is 10.2 Å². The molecule has 168 valence electrons. The number of carbonyl (C=O) groups is 2. The minimum atomic E-state index is -0.285. The Morgan fingerprint density at radius 2 is 1.72 bits per heavy atom. The SMILES string of the molecule is COc1ccc(C=C(NC(=O)c2ccccc2)C(=O)N2C[C@@]3(C)C[C@@H]2CC(C)(C)C3)cc1. The first kappa shape index (κ1) is 22.1. The van der Waals surface area contributed by atoms with Crippen LogP contribution in [0.15, 0.2) is 60.3 Å². The number of amides is 2. The first-order valence-corrected chi connectivity index (χ1v) is 11.2. The number of nitrogens with one attached hydrogen (secondary N) is 1. The molecule has 2 aromatic carbocycles. The summed E-state index contributed by atoms with van der Waals surface area (Å²) in [5.74, 6) is 0.343. The predicted octanol–water partition coefficient (Wildman–Crippen LogP) is 4.89. The lowest BCUT2D eigenvalue weighted by Gasteiger charge is -2.39. The lowest BCUT2D eigenvalue weighted by Crippen LogP contribution is -2.42. The van der Waals surface area contributed by atoms with Gasteiger partial charge in [0.05, 0.1) is 7.11 Å². The highest BCUT2D eigenvalue weighted by Crippen LogP contribution is 2.52. The molecule has 0 spiro atoms. The fourth-order valence-electron chi connectivity index (χ4n) is 5.65. The molecule has 2 atom stereocenters. The Balaban J connectivity index is 1.64. The van der Waals surface area contributed by atoms with Crippen molar-refractivity contribution in [2.75, 3.05) is 13.7 Å². The molecule has 1 aliphatic heterocycles. The molecule has 32 heavy (non-hydrogen) atoms. The van der Waals surface area contributed by atoms with Crippen LogP contribution in [0.2, 0.25) is 0 Å². The van der Waals surface area contributed by atoms with Gasteiger partial charge in [-0.15, -0.1) is 0 Å². The van der Waals surface area contributed by atoms with Crippen LogP contribution in [0.4, 0.5) is 0 Å². The number of hydrogen-bond acceptors (Lipinski definition) is 3. The Morgan fingerprint density at radius 3 is 2.38 bits per heavy atom. The number of rotatable bonds is 5. The van der Waals surface area contributed by atoms with Crippen molar-refractivity contribution in [3.05, 3.63) is 71.4 Å². The van der Waals surface area contributed by atoms with E-state index in [2.05, 4.69) is 26.1 Å². The van der Waals surface area contributed by atoms with Gasteiger partial charge in [0, 0.05) is 18.2 Å². The van der Waals surface area contributed by atoms with Crippen LogP contribution in [0.1, 0.15) is 56.0 Å². The summed E-state index contributed by atoms with van der Waals surface area (Å²) in [6, 6.07) is 16.6. The van der Waals surface area contributed by atoms with Crippen LogP contribution in [0.3, 0.4) is 0 Å². The molecular formula is C27H32N2O3. The highest BCUT2D eigenvalue weighted by Gasteiger charge is 2.51. The first-order valence-electron chi connectivity index (χ1n) is 11.2. The van der Waals surface area contributed by atoms with Crippen molar-refractivity contribution >= 4 is 17.9 Å². The van der Waals surface area contributed by atoms with Crippen LogP contribution in [-0.2, 0) is 4.79 Å². The average Bonchev–Trinajstić information content (AvgIpc) is 3.02. The molecule has 2 aromatic rings. The maximum atomic E-state index is 13.8. The van der Waals surface area contributed by atoms with Crippen LogP contribution in [0, 0.1) is 10.8 Å². The van der Waals surface area contributed by atoms with Crippen molar-refractivity contribution < 1.29 is 14.3 Å². The molecule has 1 N–H and O–H groups in total. The number of likely N-dealkylation sites (tertiary alicyclic amines) is 1. The van der Waals surface area contributed by atoms with Crippen LogP contribution in [0.5, 0.6) is 5.75 Å². The maximum absolute atomic E-state index is 13.8. The van der Waals surface area contributed by atoms with Gasteiger partial charge in [-0.1, -0.05) is 51.1 Å². The summed E-state index contributed by atoms with van der Waals surface area (Å²) in [6.07, 6.45) is 4.87. The zero-order chi connectivity index (χ0) is 22.9. The van der Waals surface area contributed by atoms with E-state index in [4.69, 9.17) is 4.74 Å². The van der Waals surface area contributed by atoms with Crippen LogP contribution in [0.25, 0.3) is 6.08 Å². The zero-order valence-corrected chi connectivity index (χ0v) is 19.4. The third-order valence-corrected chi connectivity index (χ3v) is 6.62. The van der Waals surface area contributed by atoms with E-state index in [0.717, 1.165) is 37.1 Å². The van der Waals surface area contributed by atoms with Gasteiger partial charge in [0.1, 0.15) is 11.4 Å². The molecule has 2 fully saturated rings. The van der Waals surface area contributed by atoms with E-state index in [-0.39, 0.29) is 28.7 Å². The Bertz CT molecular complexity index is 1030. The topological polar surface area (TPSA) is 58.6 Å². The normalized spacial score (nSPS) is 24.2. The summed E-state index contributed by atoms with van der Waals surface area (Å²) < 4.78 is 5.24. The van der Waals surface area contributed by atoms with Gasteiger partial charge >= 0.3 is 0 Å². The number of carbonyl (C=O) groups excluding carboxylic acids is 2. The van der Waals surface area contributed by atoms with Crippen LogP contribution < -0.4 is 10.1 Å². The highest BCUT2D eigenvalue weighted by molar-refractivity contribution is 6.05. The lowest BCUT2D eigenvalue weighted by atomic mass is 9.65. The number of benzene rings is 2. The molecule has 5 heteroatoms. The largest absolute Gasteiger partial charge is 0.497 e. The number of ether oxygens (including phenoxy) is 1. The molecule has 2 bridgehead atoms. The molecule has 2 aliphatic rings. The Kier molecular flexibility index (Phi) is 5.85. The smallest absolute Gasteiger partial charge is 0.270 e. The van der Waals surface area contributed by atoms with Gasteiger partial charge in [-0.2, -0.15) is 0 Å². The van der Waals surface area contributed by atoms with E-state index < -0.39 is 0 Å². The second kappa shape index (κ2) is 8.45. The van der Waals surface area contributed by atoms with Gasteiger partial charge in [-0.25, -0.2) is 0 Å². The van der Waals surface area contributed by atoms with Crippen molar-refractivity contribution in [3.63, 3.8) is 0 Å². The number of fused-ring (bicyclic) bond motifs is 2. The fraction of sp³-hybridized carbons (Fsp3) is 0.407. The molecule has 1 heterocycles. The van der Waals surface area contributed by atoms with Gasteiger partial charge in [-0.05, 0) is 66.0 Å². The molecule has 5 nitrogen and oxygen atoms in total. The van der Waals surface area contributed by atoms with Crippen LogP contribution in [-0.4, -0.2) is 36.4 Å². The first-order chi connectivity index (χ1) is 15.2. The highest BCUT2D eigenvalue weighted by atomic mass is 16.5. The van der Waals surface area contributed by atoms with E-state index in [1.807, 2.05) is 47.4 Å². The van der Waals surface area contributed by atoms with Crippen LogP contribution >= 0.6 is 0 Å². The lowest BCUT2D eigenvalue weighted by molar-refractivity contribution is -0.128. The summed E-state index contributed by atoms with van der Waals surface area (Å²) in [7, 11) is 1.62. The summed E-state index contributed by atoms with van der Waals surface area (Å²) >= 11 is 0. The summed E-state index contributed by atoms with van der Waals surface area (Å²) in [5, 5.41) is 2.90. The maximum Gasteiger partial charge on any atom is 0.270 e. The van der Waals surface area contributed by atoms with Gasteiger partial charge in [-0.3, -0.25) is 9.59 Å². The molecule has 1 saturated heterocycles. The summed E-state index contributed by atoms with van der Waals surface area (Å²) in [4.78, 5) is 28.7. The molecule has 0 radical (unpaired) electrons. The number of nitrogens with zero attached hydrogens (tertiary/aromatic N) is 1. The second-order valence-corrected chi connectivity index (χ2v) is 10.3. The van der Waals surface area contributed by atoms with E-state index >= 15 is 0 Å². The van der Waals surface area contributed by atoms with Crippen molar-refractivity contribution in [1.29, 1.82) is 0 Å². The van der Waals surface area contributed by atoms with Crippen molar-refractivity contribution in [3.8, 4) is 5.75 Å². The minimum absolute atomic E-state index is 0.114. The quantitative estimate of drug-likeness (QED) is 0.684. The Morgan fingerprint density at radius 1 is 1.03 bits per heavy atom. The Labute approximate surface area is 190 Å². The molecular weight excluding hydrogens is 400 g/mol. The molecule has 1 aliphatic carbocycles. The van der Waals surface area contributed by atoms with E-state index in [0.29, 0.717) is 11.3 Å². The number of methoxy groups -OCH3 is 1. The Hall–Kier alpha value is -3.08. The summed E-state index contributed by atoms with van der Waals surface area (Å²) in [6.45, 7) is 7.58. The minimum Gasteiger partial charge on any atom is -0.497 e. The fourth-order valence-corrected chi connectivity index (χ4v) is 5.65. The van der Waals surface area contributed by atoms with E-state index in [1.54, 1.807) is 25.3 Å². The monoisotopic (exact) mass is 432 g/mol. The summed E-state index contributed by atoms with van der Waals surface area (Å²) in [5.41, 5.74) is 1.99. The molecule has 2 amide bonds. The predicted molar refractivity (Wildman–Crippen MR) is 126 cm³/mol. The average molecular weight is 433 g/mol. The van der Waals surface area contributed by atoms with Gasteiger partial charge < -0.3 is 15.0 Å². The van der Waals surface area contributed by atoms with E-state index in [9.17, 15) is 9.59 Å². The third kappa shape index (κ3) is 4.72. The van der Waals surface area contributed by atoms with Crippen molar-refractivity contribution in [2.45, 2.75) is 46.1 Å². The number of hydrogen-bond donors (Lipinski definition) is 1. The van der Waals surface area contributed by atoms with Gasteiger partial charge in [0.2, 0.25) is 0 Å². The second-order valence-electron chi connectivity index (χ2n) is 10.3. The zero-order valence-electron chi connectivity index (χ0n) is 19.4. The standard InChI is InChI=1S/C27H32N2O3/c1-26(2)15-21-16-27(3,17-26)18-29(21)25(31)23(14-19-10-12-22(32-4)13-11-19)28-24(30)20-8-6-5-7-9-20/h5-14,21H,15-18H2,1-4H3,(H,28,30)/t21-,27-/m0/s1. The molecule has 4 rings (SSSR count).